The Morgan fingerprint density at radius 1 is 1.47 bits per heavy atom. The van der Waals surface area contributed by atoms with Gasteiger partial charge in [0.1, 0.15) is 16.5 Å². The summed E-state index contributed by atoms with van der Waals surface area (Å²) in [6.45, 7) is 1.64. The number of rotatable bonds is 5. The monoisotopic (exact) mass is 308 g/mol. The first-order valence-corrected chi connectivity index (χ1v) is 7.21. The molecule has 0 aliphatic carbocycles. The predicted molar refractivity (Wildman–Crippen MR) is 72.1 cm³/mol. The predicted octanol–water partition coefficient (Wildman–Crippen LogP) is 1.51. The molecule has 0 bridgehead atoms. The molecule has 2 N–H and O–H groups in total. The summed E-state index contributed by atoms with van der Waals surface area (Å²) in [4.78, 5) is -0.549. The Hall–Kier alpha value is -1.12. The summed E-state index contributed by atoms with van der Waals surface area (Å²) in [7, 11) is -2.86. The molecular formula is C11H14F2N2O2S2. The van der Waals surface area contributed by atoms with Crippen LogP contribution in [0.2, 0.25) is 0 Å². The molecule has 0 spiro atoms. The molecule has 1 rings (SSSR count). The summed E-state index contributed by atoms with van der Waals surface area (Å²) in [6, 6.07) is 2.27. The lowest BCUT2D eigenvalue weighted by Gasteiger charge is -2.20. The molecule has 1 aromatic carbocycles. The number of hydrogen-bond donors (Lipinski definition) is 1. The molecule has 19 heavy (non-hydrogen) atoms. The van der Waals surface area contributed by atoms with Crippen LogP contribution in [0.15, 0.2) is 23.1 Å². The Bertz CT molecular complexity index is 590. The van der Waals surface area contributed by atoms with E-state index in [-0.39, 0.29) is 17.5 Å². The van der Waals surface area contributed by atoms with Gasteiger partial charge in [0.15, 0.2) is 0 Å². The highest BCUT2D eigenvalue weighted by Gasteiger charge is 2.26. The van der Waals surface area contributed by atoms with Gasteiger partial charge in [-0.15, -0.1) is 0 Å². The Morgan fingerprint density at radius 2 is 2.05 bits per heavy atom. The standard InChI is InChI=1S/C11H14F2N2O2S2/c1-7(11(14)18)6-15(2)19(16,17)10-5-8(12)3-4-9(10)13/h3-5,7H,6H2,1-2H3,(H2,14,18). The summed E-state index contributed by atoms with van der Waals surface area (Å²) in [5.41, 5.74) is 5.40. The molecule has 0 aliphatic heterocycles. The molecule has 0 fully saturated rings. The Morgan fingerprint density at radius 3 is 2.58 bits per heavy atom. The van der Waals surface area contributed by atoms with Gasteiger partial charge in [-0.3, -0.25) is 0 Å². The number of nitrogens with two attached hydrogens (primary N) is 1. The summed E-state index contributed by atoms with van der Waals surface area (Å²) in [5, 5.41) is 0. The van der Waals surface area contributed by atoms with Crippen LogP contribution in [-0.4, -0.2) is 31.3 Å². The summed E-state index contributed by atoms with van der Waals surface area (Å²) >= 11 is 4.74. The molecule has 0 saturated heterocycles. The van der Waals surface area contributed by atoms with Crippen LogP contribution in [0.1, 0.15) is 6.92 Å². The summed E-state index contributed by atoms with van der Waals surface area (Å²) in [6.07, 6.45) is 0. The molecule has 4 nitrogen and oxygen atoms in total. The van der Waals surface area contributed by atoms with Gasteiger partial charge in [0.25, 0.3) is 0 Å². The SMILES string of the molecule is CC(CN(C)S(=O)(=O)c1cc(F)ccc1F)C(N)=S. The maximum absolute atomic E-state index is 13.5. The molecule has 106 valence electrons. The largest absolute Gasteiger partial charge is 0.393 e. The van der Waals surface area contributed by atoms with Gasteiger partial charge < -0.3 is 5.73 Å². The highest BCUT2D eigenvalue weighted by atomic mass is 32.2. The van der Waals surface area contributed by atoms with E-state index in [4.69, 9.17) is 18.0 Å². The van der Waals surface area contributed by atoms with Crippen molar-refractivity contribution in [2.45, 2.75) is 11.8 Å². The zero-order valence-electron chi connectivity index (χ0n) is 10.4. The maximum Gasteiger partial charge on any atom is 0.245 e. The Labute approximate surface area is 116 Å². The fourth-order valence-corrected chi connectivity index (χ4v) is 2.82. The van der Waals surface area contributed by atoms with Crippen molar-refractivity contribution >= 4 is 27.2 Å². The van der Waals surface area contributed by atoms with Gasteiger partial charge in [-0.1, -0.05) is 19.1 Å². The average molecular weight is 308 g/mol. The molecule has 1 aromatic rings. The minimum atomic E-state index is -4.12. The molecule has 0 aliphatic rings. The van der Waals surface area contributed by atoms with Crippen molar-refractivity contribution in [1.82, 2.24) is 4.31 Å². The van der Waals surface area contributed by atoms with Gasteiger partial charge in [-0.25, -0.2) is 21.5 Å². The second kappa shape index (κ2) is 5.89. The normalized spacial score (nSPS) is 13.5. The number of hydrogen-bond acceptors (Lipinski definition) is 3. The first-order chi connectivity index (χ1) is 8.66. The van der Waals surface area contributed by atoms with Crippen molar-refractivity contribution in [2.75, 3.05) is 13.6 Å². The first-order valence-electron chi connectivity index (χ1n) is 5.37. The topological polar surface area (TPSA) is 63.4 Å². The zero-order chi connectivity index (χ0) is 14.8. The van der Waals surface area contributed by atoms with E-state index < -0.39 is 26.6 Å². The molecule has 0 radical (unpaired) electrons. The lowest BCUT2D eigenvalue weighted by Crippen LogP contribution is -2.35. The van der Waals surface area contributed by atoms with Crippen molar-refractivity contribution in [1.29, 1.82) is 0 Å². The van der Waals surface area contributed by atoms with Gasteiger partial charge in [0.2, 0.25) is 10.0 Å². The second-order valence-corrected chi connectivity index (χ2v) is 6.65. The van der Waals surface area contributed by atoms with E-state index in [1.807, 2.05) is 0 Å². The molecule has 1 atom stereocenters. The Kier molecular flexibility index (Phi) is 4.94. The third kappa shape index (κ3) is 3.68. The highest BCUT2D eigenvalue weighted by molar-refractivity contribution is 7.89. The molecule has 0 amide bonds. The van der Waals surface area contributed by atoms with Gasteiger partial charge in [-0.2, -0.15) is 0 Å². The van der Waals surface area contributed by atoms with Crippen LogP contribution >= 0.6 is 12.2 Å². The highest BCUT2D eigenvalue weighted by Crippen LogP contribution is 2.20. The molecule has 0 heterocycles. The fraction of sp³-hybridized carbons (Fsp3) is 0.364. The fourth-order valence-electron chi connectivity index (χ4n) is 1.42. The van der Waals surface area contributed by atoms with Crippen LogP contribution < -0.4 is 5.73 Å². The lowest BCUT2D eigenvalue weighted by molar-refractivity contribution is 0.439. The van der Waals surface area contributed by atoms with Gasteiger partial charge in [0, 0.05) is 19.5 Å². The minimum absolute atomic E-state index is 0.00633. The van der Waals surface area contributed by atoms with Crippen molar-refractivity contribution in [2.24, 2.45) is 11.7 Å². The van der Waals surface area contributed by atoms with Crippen LogP contribution in [0.5, 0.6) is 0 Å². The van der Waals surface area contributed by atoms with Gasteiger partial charge >= 0.3 is 0 Å². The van der Waals surface area contributed by atoms with Crippen LogP contribution in [0.4, 0.5) is 8.78 Å². The average Bonchev–Trinajstić information content (AvgIpc) is 2.31. The third-order valence-electron chi connectivity index (χ3n) is 2.60. The van der Waals surface area contributed by atoms with E-state index in [9.17, 15) is 17.2 Å². The van der Waals surface area contributed by atoms with E-state index in [0.717, 1.165) is 16.4 Å². The third-order valence-corrected chi connectivity index (χ3v) is 4.84. The van der Waals surface area contributed by atoms with Crippen molar-refractivity contribution in [3.8, 4) is 0 Å². The first kappa shape index (κ1) is 15.9. The summed E-state index contributed by atoms with van der Waals surface area (Å²) in [5.74, 6) is -2.20. The van der Waals surface area contributed by atoms with Crippen LogP contribution in [0, 0.1) is 17.6 Å². The summed E-state index contributed by atoms with van der Waals surface area (Å²) < 4.78 is 51.6. The van der Waals surface area contributed by atoms with E-state index in [1.165, 1.54) is 7.05 Å². The molecule has 8 heteroatoms. The van der Waals surface area contributed by atoms with Crippen molar-refractivity contribution in [3.05, 3.63) is 29.8 Å². The number of sulfonamides is 1. The van der Waals surface area contributed by atoms with Crippen LogP contribution in [0.25, 0.3) is 0 Å². The number of halogens is 2. The second-order valence-electron chi connectivity index (χ2n) is 4.16. The smallest absolute Gasteiger partial charge is 0.245 e. The lowest BCUT2D eigenvalue weighted by atomic mass is 10.2. The Balaban J connectivity index is 3.10. The molecule has 0 saturated carbocycles. The molecule has 0 aromatic heterocycles. The van der Waals surface area contributed by atoms with E-state index >= 15 is 0 Å². The molecular weight excluding hydrogens is 294 g/mol. The zero-order valence-corrected chi connectivity index (χ0v) is 12.1. The van der Waals surface area contributed by atoms with Crippen LogP contribution in [-0.2, 0) is 10.0 Å². The minimum Gasteiger partial charge on any atom is -0.393 e. The van der Waals surface area contributed by atoms with E-state index in [2.05, 4.69) is 0 Å². The van der Waals surface area contributed by atoms with E-state index in [0.29, 0.717) is 6.07 Å². The number of thiocarbonyl (C=S) groups is 1. The molecule has 1 unspecified atom stereocenters. The van der Waals surface area contributed by atoms with Crippen molar-refractivity contribution in [3.63, 3.8) is 0 Å². The maximum atomic E-state index is 13.5. The van der Waals surface area contributed by atoms with E-state index in [1.54, 1.807) is 6.92 Å². The van der Waals surface area contributed by atoms with Gasteiger partial charge in [-0.05, 0) is 18.2 Å². The number of nitrogens with zero attached hydrogens (tertiary/aromatic N) is 1. The van der Waals surface area contributed by atoms with Crippen molar-refractivity contribution < 1.29 is 17.2 Å². The van der Waals surface area contributed by atoms with Crippen LogP contribution in [0.3, 0.4) is 0 Å². The van der Waals surface area contributed by atoms with Gasteiger partial charge in [0.05, 0.1) is 4.99 Å². The number of benzene rings is 1. The quantitative estimate of drug-likeness (QED) is 0.838.